The molecule has 2 aromatic carbocycles. The summed E-state index contributed by atoms with van der Waals surface area (Å²) < 4.78 is 0. The first kappa shape index (κ1) is 11.6. The molecule has 0 saturated carbocycles. The van der Waals surface area contributed by atoms with Crippen molar-refractivity contribution >= 4 is 28.4 Å². The highest BCUT2D eigenvalue weighted by Gasteiger charge is 2.05. The molecule has 0 aliphatic rings. The van der Waals surface area contributed by atoms with E-state index in [4.69, 9.17) is 5.73 Å². The maximum atomic E-state index is 5.66. The summed E-state index contributed by atoms with van der Waals surface area (Å²) in [5, 5.41) is 3.24. The molecule has 19 heavy (non-hydrogen) atoms. The minimum atomic E-state index is 0.741. The van der Waals surface area contributed by atoms with Crippen molar-refractivity contribution in [2.45, 2.75) is 13.8 Å². The first-order valence-corrected chi connectivity index (χ1v) is 6.21. The number of hydrogen-bond donors (Lipinski definition) is 3. The topological polar surface area (TPSA) is 66.7 Å². The second kappa shape index (κ2) is 4.31. The molecule has 0 radical (unpaired) electrons. The molecular weight excluding hydrogens is 236 g/mol. The van der Waals surface area contributed by atoms with Gasteiger partial charge in [-0.15, -0.1) is 0 Å². The largest absolute Gasteiger partial charge is 0.399 e. The average Bonchev–Trinajstić information content (AvgIpc) is 2.74. The van der Waals surface area contributed by atoms with E-state index in [2.05, 4.69) is 41.3 Å². The van der Waals surface area contributed by atoms with Gasteiger partial charge in [-0.3, -0.25) is 0 Å². The lowest BCUT2D eigenvalue weighted by atomic mass is 10.1. The van der Waals surface area contributed by atoms with Crippen LogP contribution in [0.3, 0.4) is 0 Å². The average molecular weight is 252 g/mol. The van der Waals surface area contributed by atoms with Gasteiger partial charge >= 0.3 is 0 Å². The fraction of sp³-hybridized carbons (Fsp3) is 0.133. The third-order valence-electron chi connectivity index (χ3n) is 3.27. The molecule has 4 heteroatoms. The van der Waals surface area contributed by atoms with Crippen molar-refractivity contribution in [2.24, 2.45) is 0 Å². The molecule has 1 aromatic heterocycles. The molecule has 0 bridgehead atoms. The number of rotatable bonds is 2. The Morgan fingerprint density at radius 1 is 1.05 bits per heavy atom. The van der Waals surface area contributed by atoms with Crippen LogP contribution in [0.25, 0.3) is 11.0 Å². The van der Waals surface area contributed by atoms with Crippen molar-refractivity contribution in [1.29, 1.82) is 0 Å². The van der Waals surface area contributed by atoms with Crippen molar-refractivity contribution in [3.05, 3.63) is 47.5 Å². The van der Waals surface area contributed by atoms with Gasteiger partial charge < -0.3 is 16.0 Å². The molecule has 3 rings (SSSR count). The van der Waals surface area contributed by atoms with E-state index in [1.54, 1.807) is 0 Å². The van der Waals surface area contributed by atoms with Crippen molar-refractivity contribution in [2.75, 3.05) is 11.1 Å². The molecule has 0 unspecified atom stereocenters. The van der Waals surface area contributed by atoms with Gasteiger partial charge in [0.25, 0.3) is 0 Å². The summed E-state index contributed by atoms with van der Waals surface area (Å²) in [5.74, 6) is 0.741. The summed E-state index contributed by atoms with van der Waals surface area (Å²) in [7, 11) is 0. The number of hydrogen-bond acceptors (Lipinski definition) is 3. The van der Waals surface area contributed by atoms with Crippen LogP contribution in [-0.2, 0) is 0 Å². The maximum Gasteiger partial charge on any atom is 0.205 e. The lowest BCUT2D eigenvalue weighted by Crippen LogP contribution is -1.92. The third kappa shape index (κ3) is 2.25. The van der Waals surface area contributed by atoms with Crippen molar-refractivity contribution in [3.63, 3.8) is 0 Å². The molecular formula is C15H16N4. The van der Waals surface area contributed by atoms with Crippen LogP contribution in [0.2, 0.25) is 0 Å². The van der Waals surface area contributed by atoms with Crippen LogP contribution < -0.4 is 11.1 Å². The van der Waals surface area contributed by atoms with Gasteiger partial charge in [-0.2, -0.15) is 0 Å². The van der Waals surface area contributed by atoms with Gasteiger partial charge in [-0.1, -0.05) is 0 Å². The zero-order valence-corrected chi connectivity index (χ0v) is 11.0. The Morgan fingerprint density at radius 2 is 1.74 bits per heavy atom. The Hall–Kier alpha value is -2.49. The predicted octanol–water partition coefficient (Wildman–Crippen LogP) is 3.51. The molecule has 96 valence electrons. The molecule has 0 aliphatic carbocycles. The van der Waals surface area contributed by atoms with Gasteiger partial charge in [-0.05, 0) is 61.4 Å². The third-order valence-corrected chi connectivity index (χ3v) is 3.27. The number of aromatic amines is 1. The zero-order chi connectivity index (χ0) is 13.4. The van der Waals surface area contributed by atoms with Gasteiger partial charge in [0, 0.05) is 11.4 Å². The first-order chi connectivity index (χ1) is 9.11. The van der Waals surface area contributed by atoms with Crippen LogP contribution in [0.15, 0.2) is 36.4 Å². The maximum absolute atomic E-state index is 5.66. The quantitative estimate of drug-likeness (QED) is 0.611. The zero-order valence-electron chi connectivity index (χ0n) is 11.0. The molecule has 4 nitrogen and oxygen atoms in total. The van der Waals surface area contributed by atoms with Crippen molar-refractivity contribution in [3.8, 4) is 0 Å². The second-order valence-electron chi connectivity index (χ2n) is 4.79. The van der Waals surface area contributed by atoms with Crippen molar-refractivity contribution in [1.82, 2.24) is 9.97 Å². The summed E-state index contributed by atoms with van der Waals surface area (Å²) in [6, 6.07) is 11.8. The molecule has 0 fully saturated rings. The fourth-order valence-electron chi connectivity index (χ4n) is 2.03. The summed E-state index contributed by atoms with van der Waals surface area (Å²) in [6.45, 7) is 4.19. The number of fused-ring (bicyclic) bond motifs is 1. The van der Waals surface area contributed by atoms with E-state index in [1.165, 1.54) is 11.1 Å². The van der Waals surface area contributed by atoms with E-state index in [0.717, 1.165) is 28.4 Å². The fourth-order valence-corrected chi connectivity index (χ4v) is 2.03. The number of aryl methyl sites for hydroxylation is 2. The lowest BCUT2D eigenvalue weighted by Gasteiger charge is -2.02. The van der Waals surface area contributed by atoms with Crippen LogP contribution in [0.5, 0.6) is 0 Å². The molecule has 4 N–H and O–H groups in total. The number of imidazole rings is 1. The number of H-pyrrole nitrogens is 1. The molecule has 0 amide bonds. The van der Waals surface area contributed by atoms with E-state index in [9.17, 15) is 0 Å². The summed E-state index contributed by atoms with van der Waals surface area (Å²) in [5.41, 5.74) is 11.9. The van der Waals surface area contributed by atoms with Gasteiger partial charge in [0.1, 0.15) is 0 Å². The number of nitrogens with two attached hydrogens (primary N) is 1. The van der Waals surface area contributed by atoms with Crippen LogP contribution in [0.4, 0.5) is 17.3 Å². The Labute approximate surface area is 111 Å². The van der Waals surface area contributed by atoms with Crippen LogP contribution >= 0.6 is 0 Å². The first-order valence-electron chi connectivity index (χ1n) is 6.21. The highest BCUT2D eigenvalue weighted by Crippen LogP contribution is 2.21. The standard InChI is InChI=1S/C15H16N4/c1-9-7-13-14(8-10(9)2)19-15(18-13)17-12-5-3-11(16)4-6-12/h3-8H,16H2,1-2H3,(H2,17,18,19). The molecule has 0 atom stereocenters. The number of nitrogen functional groups attached to an aromatic ring is 1. The molecule has 0 saturated heterocycles. The normalized spacial score (nSPS) is 10.8. The predicted molar refractivity (Wildman–Crippen MR) is 79.7 cm³/mol. The number of benzene rings is 2. The van der Waals surface area contributed by atoms with Gasteiger partial charge in [-0.25, -0.2) is 4.98 Å². The van der Waals surface area contributed by atoms with Gasteiger partial charge in [0.2, 0.25) is 5.95 Å². The number of anilines is 3. The van der Waals surface area contributed by atoms with Crippen LogP contribution in [-0.4, -0.2) is 9.97 Å². The van der Waals surface area contributed by atoms with E-state index < -0.39 is 0 Å². The highest BCUT2D eigenvalue weighted by molar-refractivity contribution is 5.80. The van der Waals surface area contributed by atoms with E-state index in [-0.39, 0.29) is 0 Å². The van der Waals surface area contributed by atoms with E-state index >= 15 is 0 Å². The number of aromatic nitrogens is 2. The molecule has 0 aliphatic heterocycles. The second-order valence-corrected chi connectivity index (χ2v) is 4.79. The van der Waals surface area contributed by atoms with E-state index in [1.807, 2.05) is 24.3 Å². The van der Waals surface area contributed by atoms with Gasteiger partial charge in [0.15, 0.2) is 0 Å². The van der Waals surface area contributed by atoms with E-state index in [0.29, 0.717) is 0 Å². The number of nitrogens with zero attached hydrogens (tertiary/aromatic N) is 1. The molecule has 3 aromatic rings. The monoisotopic (exact) mass is 252 g/mol. The highest BCUT2D eigenvalue weighted by atomic mass is 15.1. The van der Waals surface area contributed by atoms with Crippen molar-refractivity contribution < 1.29 is 0 Å². The summed E-state index contributed by atoms with van der Waals surface area (Å²) >= 11 is 0. The Balaban J connectivity index is 1.95. The summed E-state index contributed by atoms with van der Waals surface area (Å²) in [4.78, 5) is 7.81. The SMILES string of the molecule is Cc1cc2nc(Nc3ccc(N)cc3)[nH]c2cc1C. The van der Waals surface area contributed by atoms with Gasteiger partial charge in [0.05, 0.1) is 11.0 Å². The minimum absolute atomic E-state index is 0.741. The van der Waals surface area contributed by atoms with Crippen LogP contribution in [0.1, 0.15) is 11.1 Å². The summed E-state index contributed by atoms with van der Waals surface area (Å²) in [6.07, 6.45) is 0. The lowest BCUT2D eigenvalue weighted by molar-refractivity contribution is 1.31. The molecule has 1 heterocycles. The Kier molecular flexibility index (Phi) is 2.63. The smallest absolute Gasteiger partial charge is 0.205 e. The van der Waals surface area contributed by atoms with Crippen LogP contribution in [0, 0.1) is 13.8 Å². The number of nitrogens with one attached hydrogen (secondary N) is 2. The molecule has 0 spiro atoms. The Bertz CT molecular complexity index is 687. The Morgan fingerprint density at radius 3 is 2.47 bits per heavy atom. The minimum Gasteiger partial charge on any atom is -0.399 e.